The summed E-state index contributed by atoms with van der Waals surface area (Å²) in [4.78, 5) is 61.5. The van der Waals surface area contributed by atoms with Crippen molar-refractivity contribution in [2.45, 2.75) is 49.9 Å². The number of amides is 4. The van der Waals surface area contributed by atoms with Gasteiger partial charge < -0.3 is 37.6 Å². The molecule has 0 saturated carbocycles. The zero-order valence-electron chi connectivity index (χ0n) is 21.1. The number of carboxylic acid groups (broad SMARTS) is 1. The first-order valence-corrected chi connectivity index (χ1v) is 12.7. The Morgan fingerprint density at radius 3 is 1.85 bits per heavy atom. The molecule has 9 N–H and O–H groups in total. The van der Waals surface area contributed by atoms with E-state index in [2.05, 4.69) is 28.6 Å². The SMILES string of the molecule is NC(=O)CCC(N)C(=O)NC(Cc1ccc(O)cc1)C(=O)NC(CS)C(=O)NC(Cc1ccccc1)C(=O)O. The molecule has 0 fully saturated rings. The lowest BCUT2D eigenvalue weighted by Crippen LogP contribution is -2.58. The molecule has 0 radical (unpaired) electrons. The summed E-state index contributed by atoms with van der Waals surface area (Å²) in [6.07, 6.45) is -0.154. The second-order valence-electron chi connectivity index (χ2n) is 8.88. The number of thiol groups is 1. The van der Waals surface area contributed by atoms with Crippen molar-refractivity contribution in [3.63, 3.8) is 0 Å². The number of nitrogens with two attached hydrogens (primary N) is 2. The molecule has 4 amide bonds. The molecule has 210 valence electrons. The monoisotopic (exact) mass is 559 g/mol. The molecular formula is C26H33N5O7S. The maximum absolute atomic E-state index is 13.2. The van der Waals surface area contributed by atoms with Crippen LogP contribution in [-0.4, -0.2) is 69.7 Å². The number of rotatable bonds is 15. The first-order chi connectivity index (χ1) is 18.5. The standard InChI is InChI=1S/C26H33N5O7S/c27-18(10-11-22(28)33)23(34)29-19(12-16-6-8-17(32)9-7-16)24(35)31-21(14-39)25(36)30-20(26(37)38)13-15-4-2-1-3-5-15/h1-9,18-21,32,39H,10-14,27H2,(H2,28,33)(H,29,34)(H,30,36)(H,31,35)(H,37,38). The third kappa shape index (κ3) is 10.7. The smallest absolute Gasteiger partial charge is 0.326 e. The number of hydrogen-bond acceptors (Lipinski definition) is 8. The van der Waals surface area contributed by atoms with Crippen molar-refractivity contribution in [2.75, 3.05) is 5.75 Å². The summed E-state index contributed by atoms with van der Waals surface area (Å²) in [7, 11) is 0. The highest BCUT2D eigenvalue weighted by Crippen LogP contribution is 2.12. The third-order valence-electron chi connectivity index (χ3n) is 5.76. The van der Waals surface area contributed by atoms with E-state index in [1.54, 1.807) is 42.5 Å². The van der Waals surface area contributed by atoms with Gasteiger partial charge in [0.2, 0.25) is 23.6 Å². The van der Waals surface area contributed by atoms with Gasteiger partial charge in [-0.3, -0.25) is 19.2 Å². The summed E-state index contributed by atoms with van der Waals surface area (Å²) < 4.78 is 0. The third-order valence-corrected chi connectivity index (χ3v) is 6.13. The van der Waals surface area contributed by atoms with Crippen LogP contribution in [0.5, 0.6) is 5.75 Å². The van der Waals surface area contributed by atoms with Crippen LogP contribution in [0.1, 0.15) is 24.0 Å². The van der Waals surface area contributed by atoms with E-state index in [1.165, 1.54) is 12.1 Å². The second kappa shape index (κ2) is 15.3. The lowest BCUT2D eigenvalue weighted by atomic mass is 10.0. The van der Waals surface area contributed by atoms with Crippen LogP contribution in [0, 0.1) is 0 Å². The van der Waals surface area contributed by atoms with Crippen LogP contribution in [0.2, 0.25) is 0 Å². The molecule has 2 aromatic carbocycles. The fraction of sp³-hybridized carbons (Fsp3) is 0.346. The van der Waals surface area contributed by atoms with E-state index in [0.717, 1.165) is 0 Å². The number of aromatic hydroxyl groups is 1. The zero-order valence-corrected chi connectivity index (χ0v) is 22.0. The van der Waals surface area contributed by atoms with E-state index in [4.69, 9.17) is 11.5 Å². The molecule has 4 atom stereocenters. The number of primary amides is 1. The first kappa shape index (κ1) is 31.1. The van der Waals surface area contributed by atoms with Crippen LogP contribution < -0.4 is 27.4 Å². The van der Waals surface area contributed by atoms with Crippen molar-refractivity contribution in [3.05, 3.63) is 65.7 Å². The van der Waals surface area contributed by atoms with E-state index in [9.17, 15) is 34.2 Å². The van der Waals surface area contributed by atoms with E-state index < -0.39 is 53.8 Å². The Morgan fingerprint density at radius 2 is 1.28 bits per heavy atom. The van der Waals surface area contributed by atoms with E-state index in [0.29, 0.717) is 11.1 Å². The summed E-state index contributed by atoms with van der Waals surface area (Å²) in [6, 6.07) is 9.86. The molecule has 0 bridgehead atoms. The Balaban J connectivity index is 2.14. The summed E-state index contributed by atoms with van der Waals surface area (Å²) in [6.45, 7) is 0. The number of nitrogens with one attached hydrogen (secondary N) is 3. The molecule has 0 aliphatic carbocycles. The number of carbonyl (C=O) groups excluding carboxylic acids is 4. The van der Waals surface area contributed by atoms with Crippen LogP contribution >= 0.6 is 12.6 Å². The van der Waals surface area contributed by atoms with Crippen molar-refractivity contribution in [2.24, 2.45) is 11.5 Å². The lowest BCUT2D eigenvalue weighted by molar-refractivity contribution is -0.142. The Labute approximate surface area is 230 Å². The molecule has 2 aromatic rings. The van der Waals surface area contributed by atoms with Crippen LogP contribution in [0.25, 0.3) is 0 Å². The van der Waals surface area contributed by atoms with Crippen molar-refractivity contribution >= 4 is 42.2 Å². The summed E-state index contributed by atoms with van der Waals surface area (Å²) in [5.41, 5.74) is 12.2. The maximum atomic E-state index is 13.2. The van der Waals surface area contributed by atoms with Crippen LogP contribution in [-0.2, 0) is 36.8 Å². The number of aliphatic carboxylic acids is 1. The predicted molar refractivity (Wildman–Crippen MR) is 146 cm³/mol. The summed E-state index contributed by atoms with van der Waals surface area (Å²) >= 11 is 4.13. The van der Waals surface area contributed by atoms with Crippen LogP contribution in [0.3, 0.4) is 0 Å². The number of phenols is 1. The largest absolute Gasteiger partial charge is 0.508 e. The molecule has 13 heteroatoms. The predicted octanol–water partition coefficient (Wildman–Crippen LogP) is -0.761. The molecule has 4 unspecified atom stereocenters. The maximum Gasteiger partial charge on any atom is 0.326 e. The van der Waals surface area contributed by atoms with Crippen LogP contribution in [0.15, 0.2) is 54.6 Å². The first-order valence-electron chi connectivity index (χ1n) is 12.1. The van der Waals surface area contributed by atoms with E-state index >= 15 is 0 Å². The van der Waals surface area contributed by atoms with Gasteiger partial charge in [0.15, 0.2) is 0 Å². The van der Waals surface area contributed by atoms with Gasteiger partial charge in [0.05, 0.1) is 6.04 Å². The minimum Gasteiger partial charge on any atom is -0.508 e. The highest BCUT2D eigenvalue weighted by molar-refractivity contribution is 7.80. The number of benzene rings is 2. The van der Waals surface area contributed by atoms with E-state index in [-0.39, 0.29) is 37.2 Å². The molecule has 39 heavy (non-hydrogen) atoms. The highest BCUT2D eigenvalue weighted by Gasteiger charge is 2.30. The summed E-state index contributed by atoms with van der Waals surface area (Å²) in [5.74, 6) is -4.27. The van der Waals surface area contributed by atoms with Crippen molar-refractivity contribution in [1.29, 1.82) is 0 Å². The van der Waals surface area contributed by atoms with Gasteiger partial charge in [0.25, 0.3) is 0 Å². The molecule has 0 saturated heterocycles. The highest BCUT2D eigenvalue weighted by atomic mass is 32.1. The molecule has 0 aliphatic rings. The van der Waals surface area contributed by atoms with Gasteiger partial charge in [-0.1, -0.05) is 42.5 Å². The summed E-state index contributed by atoms with van der Waals surface area (Å²) in [5, 5.41) is 26.6. The molecule has 12 nitrogen and oxygen atoms in total. The molecule has 0 spiro atoms. The molecule has 2 rings (SSSR count). The lowest BCUT2D eigenvalue weighted by Gasteiger charge is -2.24. The van der Waals surface area contributed by atoms with Gasteiger partial charge in [-0.25, -0.2) is 4.79 Å². The normalized spacial score (nSPS) is 13.8. The Morgan fingerprint density at radius 1 is 0.769 bits per heavy atom. The quantitative estimate of drug-likeness (QED) is 0.130. The van der Waals surface area contributed by atoms with Gasteiger partial charge in [-0.15, -0.1) is 0 Å². The Kier molecular flexibility index (Phi) is 12.2. The Bertz CT molecular complexity index is 1150. The van der Waals surface area contributed by atoms with Crippen molar-refractivity contribution in [3.8, 4) is 5.75 Å². The van der Waals surface area contributed by atoms with Crippen molar-refractivity contribution < 1.29 is 34.2 Å². The second-order valence-corrected chi connectivity index (χ2v) is 9.24. The van der Waals surface area contributed by atoms with Crippen molar-refractivity contribution in [1.82, 2.24) is 16.0 Å². The Hall–Kier alpha value is -4.10. The number of phenolic OH excluding ortho intramolecular Hbond substituents is 1. The number of hydrogen-bond donors (Lipinski definition) is 8. The van der Waals surface area contributed by atoms with Gasteiger partial charge in [0, 0.05) is 25.0 Å². The van der Waals surface area contributed by atoms with Gasteiger partial charge in [0.1, 0.15) is 23.9 Å². The number of carboxylic acids is 1. The zero-order chi connectivity index (χ0) is 28.9. The average molecular weight is 560 g/mol. The molecule has 0 heterocycles. The van der Waals surface area contributed by atoms with E-state index in [1.807, 2.05) is 0 Å². The minimum atomic E-state index is -1.25. The molecule has 0 aromatic heterocycles. The fourth-order valence-corrected chi connectivity index (χ4v) is 3.83. The molecular weight excluding hydrogens is 526 g/mol. The molecule has 0 aliphatic heterocycles. The van der Waals surface area contributed by atoms with Crippen LogP contribution in [0.4, 0.5) is 0 Å². The fourth-order valence-electron chi connectivity index (χ4n) is 3.57. The van der Waals surface area contributed by atoms with Gasteiger partial charge in [-0.05, 0) is 29.7 Å². The minimum absolute atomic E-state index is 0.00700. The average Bonchev–Trinajstić information content (AvgIpc) is 2.90. The van der Waals surface area contributed by atoms with Gasteiger partial charge in [-0.2, -0.15) is 12.6 Å². The number of carbonyl (C=O) groups is 5. The topological polar surface area (TPSA) is 214 Å². The van der Waals surface area contributed by atoms with Gasteiger partial charge >= 0.3 is 5.97 Å².